The van der Waals surface area contributed by atoms with Crippen molar-refractivity contribution < 1.29 is 23.4 Å². The molecule has 3 heterocycles. The van der Waals surface area contributed by atoms with Crippen molar-refractivity contribution in [2.24, 2.45) is 0 Å². The number of para-hydroxylation sites is 1. The van der Waals surface area contributed by atoms with Gasteiger partial charge in [-0.15, -0.1) is 0 Å². The molecule has 8 heteroatoms. The average Bonchev–Trinajstić information content (AvgIpc) is 2.86. The molecule has 0 atom stereocenters. The van der Waals surface area contributed by atoms with E-state index in [0.717, 1.165) is 11.1 Å². The first-order valence-corrected chi connectivity index (χ1v) is 11.1. The number of rotatable bonds is 5. The molecule has 0 fully saturated rings. The van der Waals surface area contributed by atoms with Crippen LogP contribution in [0.5, 0.6) is 23.1 Å². The molecule has 0 radical (unpaired) electrons. The standard InChI is InChI=1S/C27H22FN3O4/c1-16-20(18-8-9-22-23(14-18)34-13-12-33-22)15-29-27(35-21-10-11-24(28)30-17(21)2)25(16)26(32)31-19-6-4-3-5-7-19/h3-11,14-15H,12-13H2,1-2H3,(H,31,32). The third kappa shape index (κ3) is 4.63. The number of benzene rings is 2. The lowest BCUT2D eigenvalue weighted by atomic mass is 9.98. The molecule has 0 saturated heterocycles. The van der Waals surface area contributed by atoms with E-state index in [0.29, 0.717) is 47.4 Å². The summed E-state index contributed by atoms with van der Waals surface area (Å²) in [6.07, 6.45) is 1.64. The third-order valence-corrected chi connectivity index (χ3v) is 5.63. The summed E-state index contributed by atoms with van der Waals surface area (Å²) in [6, 6.07) is 17.4. The second-order valence-electron chi connectivity index (χ2n) is 7.98. The van der Waals surface area contributed by atoms with Gasteiger partial charge < -0.3 is 19.5 Å². The van der Waals surface area contributed by atoms with Crippen LogP contribution in [0, 0.1) is 19.8 Å². The molecule has 0 aliphatic carbocycles. The van der Waals surface area contributed by atoms with E-state index in [1.807, 2.05) is 43.3 Å². The number of hydrogen-bond acceptors (Lipinski definition) is 6. The van der Waals surface area contributed by atoms with E-state index in [4.69, 9.17) is 14.2 Å². The van der Waals surface area contributed by atoms with Crippen LogP contribution in [0.2, 0.25) is 0 Å². The monoisotopic (exact) mass is 471 g/mol. The number of carbonyl (C=O) groups is 1. The van der Waals surface area contributed by atoms with Crippen molar-refractivity contribution in [3.05, 3.63) is 89.6 Å². The lowest BCUT2D eigenvalue weighted by Gasteiger charge is -2.20. The number of halogens is 1. The fourth-order valence-electron chi connectivity index (χ4n) is 3.87. The molecular formula is C27H22FN3O4. The van der Waals surface area contributed by atoms with Crippen LogP contribution >= 0.6 is 0 Å². The predicted octanol–water partition coefficient (Wildman–Crippen LogP) is 5.72. The Morgan fingerprint density at radius 3 is 2.54 bits per heavy atom. The molecule has 2 aromatic carbocycles. The molecule has 4 aromatic rings. The SMILES string of the molecule is Cc1nc(F)ccc1Oc1ncc(-c2ccc3c(c2)OCCO3)c(C)c1C(=O)Nc1ccccc1. The minimum atomic E-state index is -0.616. The molecule has 176 valence electrons. The second kappa shape index (κ2) is 9.42. The second-order valence-corrected chi connectivity index (χ2v) is 7.98. The number of aryl methyl sites for hydroxylation is 1. The largest absolute Gasteiger partial charge is 0.486 e. The Labute approximate surface area is 201 Å². The number of carbonyl (C=O) groups excluding carboxylic acids is 1. The average molecular weight is 471 g/mol. The van der Waals surface area contributed by atoms with Crippen molar-refractivity contribution in [2.75, 3.05) is 18.5 Å². The molecule has 2 aromatic heterocycles. The molecule has 0 unspecified atom stereocenters. The number of anilines is 1. The Morgan fingerprint density at radius 2 is 1.77 bits per heavy atom. The molecule has 0 bridgehead atoms. The van der Waals surface area contributed by atoms with Gasteiger partial charge in [0.25, 0.3) is 5.91 Å². The summed E-state index contributed by atoms with van der Waals surface area (Å²) in [7, 11) is 0. The van der Waals surface area contributed by atoms with Gasteiger partial charge in [0, 0.05) is 17.4 Å². The smallest absolute Gasteiger partial charge is 0.261 e. The maximum Gasteiger partial charge on any atom is 0.261 e. The van der Waals surface area contributed by atoms with E-state index in [1.165, 1.54) is 12.1 Å². The highest BCUT2D eigenvalue weighted by Crippen LogP contribution is 2.38. The zero-order valence-corrected chi connectivity index (χ0v) is 19.2. The first-order chi connectivity index (χ1) is 17.0. The van der Waals surface area contributed by atoms with Crippen molar-refractivity contribution in [3.8, 4) is 34.3 Å². The summed E-state index contributed by atoms with van der Waals surface area (Å²) < 4.78 is 30.8. The van der Waals surface area contributed by atoms with E-state index in [2.05, 4.69) is 15.3 Å². The fourth-order valence-corrected chi connectivity index (χ4v) is 3.87. The van der Waals surface area contributed by atoms with Gasteiger partial charge in [0.05, 0.1) is 5.69 Å². The predicted molar refractivity (Wildman–Crippen MR) is 129 cm³/mol. The van der Waals surface area contributed by atoms with Crippen LogP contribution < -0.4 is 19.5 Å². The van der Waals surface area contributed by atoms with Gasteiger partial charge in [0.1, 0.15) is 18.8 Å². The number of pyridine rings is 2. The van der Waals surface area contributed by atoms with Gasteiger partial charge in [-0.3, -0.25) is 4.79 Å². The van der Waals surface area contributed by atoms with Gasteiger partial charge in [-0.05, 0) is 61.4 Å². The maximum absolute atomic E-state index is 13.5. The maximum atomic E-state index is 13.5. The molecule has 7 nitrogen and oxygen atoms in total. The first-order valence-electron chi connectivity index (χ1n) is 11.1. The van der Waals surface area contributed by atoms with Crippen molar-refractivity contribution in [1.29, 1.82) is 0 Å². The summed E-state index contributed by atoms with van der Waals surface area (Å²) in [4.78, 5) is 21.7. The Kier molecular flexibility index (Phi) is 6.01. The van der Waals surface area contributed by atoms with Crippen LogP contribution in [-0.4, -0.2) is 29.1 Å². The molecule has 0 spiro atoms. The number of hydrogen-bond donors (Lipinski definition) is 1. The minimum Gasteiger partial charge on any atom is -0.486 e. The van der Waals surface area contributed by atoms with Gasteiger partial charge in [-0.25, -0.2) is 9.97 Å². The van der Waals surface area contributed by atoms with Crippen LogP contribution in [-0.2, 0) is 0 Å². The molecule has 1 aliphatic rings. The normalized spacial score (nSPS) is 12.2. The Bertz CT molecular complexity index is 1410. The van der Waals surface area contributed by atoms with E-state index in [1.54, 1.807) is 25.3 Å². The van der Waals surface area contributed by atoms with Crippen LogP contribution in [0.25, 0.3) is 11.1 Å². The van der Waals surface area contributed by atoms with E-state index >= 15 is 0 Å². The summed E-state index contributed by atoms with van der Waals surface area (Å²) in [5, 5.41) is 2.90. The van der Waals surface area contributed by atoms with E-state index in [-0.39, 0.29) is 17.4 Å². The fraction of sp³-hybridized carbons (Fsp3) is 0.148. The third-order valence-electron chi connectivity index (χ3n) is 5.63. The van der Waals surface area contributed by atoms with Gasteiger partial charge >= 0.3 is 0 Å². The molecule has 5 rings (SSSR count). The molecule has 1 aliphatic heterocycles. The summed E-state index contributed by atoms with van der Waals surface area (Å²) in [6.45, 7) is 4.42. The van der Waals surface area contributed by atoms with E-state index < -0.39 is 5.95 Å². The molecular weight excluding hydrogens is 449 g/mol. The Morgan fingerprint density at radius 1 is 1.00 bits per heavy atom. The molecule has 35 heavy (non-hydrogen) atoms. The van der Waals surface area contributed by atoms with Crippen molar-refractivity contribution >= 4 is 11.6 Å². The molecule has 1 amide bonds. The number of fused-ring (bicyclic) bond motifs is 1. The lowest BCUT2D eigenvalue weighted by Crippen LogP contribution is -2.16. The molecule has 0 saturated carbocycles. The van der Waals surface area contributed by atoms with Gasteiger partial charge in [-0.1, -0.05) is 24.3 Å². The number of aromatic nitrogens is 2. The lowest BCUT2D eigenvalue weighted by molar-refractivity contribution is 0.102. The first kappa shape index (κ1) is 22.3. The zero-order valence-electron chi connectivity index (χ0n) is 19.2. The Hall–Kier alpha value is -4.46. The van der Waals surface area contributed by atoms with Crippen LogP contribution in [0.15, 0.2) is 66.9 Å². The number of nitrogens with one attached hydrogen (secondary N) is 1. The quantitative estimate of drug-likeness (QED) is 0.375. The van der Waals surface area contributed by atoms with Gasteiger partial charge in [-0.2, -0.15) is 4.39 Å². The van der Waals surface area contributed by atoms with Crippen molar-refractivity contribution in [2.45, 2.75) is 13.8 Å². The Balaban J connectivity index is 1.59. The highest BCUT2D eigenvalue weighted by molar-refractivity contribution is 6.08. The summed E-state index contributed by atoms with van der Waals surface area (Å²) in [5.41, 5.74) is 3.44. The summed E-state index contributed by atoms with van der Waals surface area (Å²) >= 11 is 0. The highest BCUT2D eigenvalue weighted by atomic mass is 19.1. The summed E-state index contributed by atoms with van der Waals surface area (Å²) in [5.74, 6) is 0.704. The van der Waals surface area contributed by atoms with Gasteiger partial charge in [0.15, 0.2) is 17.2 Å². The zero-order chi connectivity index (χ0) is 24.4. The van der Waals surface area contributed by atoms with Gasteiger partial charge in [0.2, 0.25) is 11.8 Å². The molecule has 1 N–H and O–H groups in total. The van der Waals surface area contributed by atoms with E-state index in [9.17, 15) is 9.18 Å². The topological polar surface area (TPSA) is 82.6 Å². The number of ether oxygens (including phenoxy) is 3. The van der Waals surface area contributed by atoms with Crippen molar-refractivity contribution in [1.82, 2.24) is 9.97 Å². The minimum absolute atomic E-state index is 0.0914. The van der Waals surface area contributed by atoms with Crippen LogP contribution in [0.3, 0.4) is 0 Å². The van der Waals surface area contributed by atoms with Crippen LogP contribution in [0.4, 0.5) is 10.1 Å². The van der Waals surface area contributed by atoms with Crippen LogP contribution in [0.1, 0.15) is 21.6 Å². The highest BCUT2D eigenvalue weighted by Gasteiger charge is 2.23. The van der Waals surface area contributed by atoms with Crippen molar-refractivity contribution in [3.63, 3.8) is 0 Å². The number of amides is 1. The number of nitrogens with zero attached hydrogens (tertiary/aromatic N) is 2.